The average Bonchev–Trinajstić information content (AvgIpc) is 2.67. The van der Waals surface area contributed by atoms with Gasteiger partial charge in [0.2, 0.25) is 11.8 Å². The Morgan fingerprint density at radius 2 is 1.68 bits per heavy atom. The summed E-state index contributed by atoms with van der Waals surface area (Å²) in [4.78, 5) is 27.2. The number of carbonyl (C=O) groups excluding carboxylic acids is 2. The van der Waals surface area contributed by atoms with Gasteiger partial charge in [0.25, 0.3) is 0 Å². The molecule has 0 radical (unpaired) electrons. The first kappa shape index (κ1) is 18.7. The van der Waals surface area contributed by atoms with Crippen LogP contribution in [0.2, 0.25) is 0 Å². The van der Waals surface area contributed by atoms with Gasteiger partial charge in [-0.2, -0.15) is 0 Å². The molecule has 1 atom stereocenters. The molecule has 1 saturated carbocycles. The number of hydrogen-bond donors (Lipinski definition) is 1. The molecule has 2 fully saturated rings. The molecule has 1 aliphatic heterocycles. The summed E-state index contributed by atoms with van der Waals surface area (Å²) in [5.41, 5.74) is 2.53. The first-order valence-electron chi connectivity index (χ1n) is 10.1. The summed E-state index contributed by atoms with van der Waals surface area (Å²) in [5, 5.41) is 3.00. The lowest BCUT2D eigenvalue weighted by atomic mass is 9.83. The predicted octanol–water partition coefficient (Wildman–Crippen LogP) is 4.47. The van der Waals surface area contributed by atoms with Gasteiger partial charge in [0, 0.05) is 24.7 Å². The third-order valence-electron chi connectivity index (χ3n) is 5.87. The number of rotatable bonds is 4. The molecule has 28 heavy (non-hydrogen) atoms. The number of anilines is 1. The molecule has 0 spiro atoms. The predicted molar refractivity (Wildman–Crippen MR) is 107 cm³/mol. The summed E-state index contributed by atoms with van der Waals surface area (Å²) in [6.45, 7) is 1.28. The summed E-state index contributed by atoms with van der Waals surface area (Å²) < 4.78 is 13.1. The van der Waals surface area contributed by atoms with Gasteiger partial charge in [-0.1, -0.05) is 30.7 Å². The highest BCUT2D eigenvalue weighted by atomic mass is 19.1. The summed E-state index contributed by atoms with van der Waals surface area (Å²) in [6.07, 6.45) is 4.79. The number of carbonyl (C=O) groups is 2. The number of nitrogens with zero attached hydrogens (tertiary/aromatic N) is 1. The molecular weight excluding hydrogens is 355 g/mol. The zero-order chi connectivity index (χ0) is 19.5. The smallest absolute Gasteiger partial charge is 0.229 e. The van der Waals surface area contributed by atoms with E-state index in [1.165, 1.54) is 12.1 Å². The van der Waals surface area contributed by atoms with E-state index in [2.05, 4.69) is 5.32 Å². The molecule has 146 valence electrons. The maximum atomic E-state index is 13.1. The molecule has 4 nitrogen and oxygen atoms in total. The molecule has 1 heterocycles. The summed E-state index contributed by atoms with van der Waals surface area (Å²) >= 11 is 0. The van der Waals surface area contributed by atoms with Crippen LogP contribution in [0.15, 0.2) is 48.5 Å². The molecule has 5 heteroatoms. The van der Waals surface area contributed by atoms with E-state index in [1.54, 1.807) is 12.1 Å². The second kappa shape index (κ2) is 8.13. The van der Waals surface area contributed by atoms with Crippen LogP contribution in [0, 0.1) is 17.7 Å². The molecule has 1 saturated heterocycles. The Balaban J connectivity index is 1.41. The lowest BCUT2D eigenvalue weighted by Crippen LogP contribution is -2.47. The minimum atomic E-state index is -0.272. The van der Waals surface area contributed by atoms with E-state index in [0.717, 1.165) is 49.8 Å². The molecule has 2 aromatic carbocycles. The third-order valence-corrected chi connectivity index (χ3v) is 5.87. The van der Waals surface area contributed by atoms with Crippen LogP contribution in [0.25, 0.3) is 11.1 Å². The number of amides is 2. The van der Waals surface area contributed by atoms with E-state index < -0.39 is 0 Å². The van der Waals surface area contributed by atoms with Crippen molar-refractivity contribution >= 4 is 17.5 Å². The fraction of sp³-hybridized carbons (Fsp3) is 0.391. The fourth-order valence-electron chi connectivity index (χ4n) is 3.97. The molecule has 2 aliphatic rings. The maximum absolute atomic E-state index is 13.1. The van der Waals surface area contributed by atoms with Gasteiger partial charge in [-0.25, -0.2) is 4.39 Å². The molecule has 1 N–H and O–H groups in total. The van der Waals surface area contributed by atoms with Crippen LogP contribution in [0.5, 0.6) is 0 Å². The largest absolute Gasteiger partial charge is 0.342 e. The molecule has 0 aromatic heterocycles. The van der Waals surface area contributed by atoms with Crippen LogP contribution in [0.3, 0.4) is 0 Å². The van der Waals surface area contributed by atoms with Gasteiger partial charge in [-0.15, -0.1) is 0 Å². The molecule has 0 bridgehead atoms. The van der Waals surface area contributed by atoms with Gasteiger partial charge < -0.3 is 10.2 Å². The standard InChI is InChI=1S/C23H25FN2O2/c24-20-11-9-16(10-12-20)18-6-2-8-21(14-18)25-22(27)19-7-3-13-26(15-19)23(28)17-4-1-5-17/h2,6,8-12,14,17,19H,1,3-5,7,13,15H2,(H,25,27)/t19-/m0/s1. The van der Waals surface area contributed by atoms with Crippen LogP contribution in [-0.2, 0) is 9.59 Å². The number of benzene rings is 2. The van der Waals surface area contributed by atoms with Gasteiger partial charge in [0.15, 0.2) is 0 Å². The Labute approximate surface area is 164 Å². The van der Waals surface area contributed by atoms with Crippen molar-refractivity contribution in [3.05, 3.63) is 54.3 Å². The quantitative estimate of drug-likeness (QED) is 0.851. The van der Waals surface area contributed by atoms with Crippen LogP contribution < -0.4 is 5.32 Å². The molecule has 2 amide bonds. The molecule has 4 rings (SSSR count). The molecule has 1 aliphatic carbocycles. The van der Waals surface area contributed by atoms with E-state index in [-0.39, 0.29) is 29.5 Å². The highest BCUT2D eigenvalue weighted by Gasteiger charge is 2.34. The summed E-state index contributed by atoms with van der Waals surface area (Å²) in [5.74, 6) is -0.0858. The average molecular weight is 380 g/mol. The molecular formula is C23H25FN2O2. The normalized spacial score (nSPS) is 19.8. The monoisotopic (exact) mass is 380 g/mol. The number of hydrogen-bond acceptors (Lipinski definition) is 2. The Hall–Kier alpha value is -2.69. The lowest BCUT2D eigenvalue weighted by molar-refractivity contribution is -0.141. The Kier molecular flexibility index (Phi) is 5.42. The number of nitrogens with one attached hydrogen (secondary N) is 1. The SMILES string of the molecule is O=C(Nc1cccc(-c2ccc(F)cc2)c1)[C@H]1CCCN(C(=O)C2CCC2)C1. The molecule has 0 unspecified atom stereocenters. The topological polar surface area (TPSA) is 49.4 Å². The molecule has 2 aromatic rings. The zero-order valence-corrected chi connectivity index (χ0v) is 15.9. The zero-order valence-electron chi connectivity index (χ0n) is 15.9. The van der Waals surface area contributed by atoms with Crippen LogP contribution >= 0.6 is 0 Å². The van der Waals surface area contributed by atoms with Gasteiger partial charge in [0.05, 0.1) is 5.92 Å². The maximum Gasteiger partial charge on any atom is 0.229 e. The van der Waals surface area contributed by atoms with Gasteiger partial charge in [-0.05, 0) is 61.1 Å². The van der Waals surface area contributed by atoms with Crippen molar-refractivity contribution in [1.82, 2.24) is 4.90 Å². The highest BCUT2D eigenvalue weighted by Crippen LogP contribution is 2.30. The van der Waals surface area contributed by atoms with Crippen molar-refractivity contribution < 1.29 is 14.0 Å². The highest BCUT2D eigenvalue weighted by molar-refractivity contribution is 5.94. The van der Waals surface area contributed by atoms with E-state index in [1.807, 2.05) is 29.2 Å². The minimum Gasteiger partial charge on any atom is -0.342 e. The second-order valence-corrected chi connectivity index (χ2v) is 7.83. The van der Waals surface area contributed by atoms with Crippen LogP contribution in [-0.4, -0.2) is 29.8 Å². The van der Waals surface area contributed by atoms with E-state index in [0.29, 0.717) is 12.2 Å². The summed E-state index contributed by atoms with van der Waals surface area (Å²) in [7, 11) is 0. The van der Waals surface area contributed by atoms with Gasteiger partial charge in [0.1, 0.15) is 5.82 Å². The Morgan fingerprint density at radius 3 is 2.39 bits per heavy atom. The second-order valence-electron chi connectivity index (χ2n) is 7.83. The van der Waals surface area contributed by atoms with Crippen molar-refractivity contribution in [3.8, 4) is 11.1 Å². The van der Waals surface area contributed by atoms with E-state index in [9.17, 15) is 14.0 Å². The number of piperidine rings is 1. The van der Waals surface area contributed by atoms with E-state index >= 15 is 0 Å². The van der Waals surface area contributed by atoms with E-state index in [4.69, 9.17) is 0 Å². The third kappa shape index (κ3) is 4.08. The Morgan fingerprint density at radius 1 is 0.929 bits per heavy atom. The van der Waals surface area contributed by atoms with Gasteiger partial charge in [-0.3, -0.25) is 9.59 Å². The van der Waals surface area contributed by atoms with Crippen LogP contribution in [0.4, 0.5) is 10.1 Å². The number of likely N-dealkylation sites (tertiary alicyclic amines) is 1. The fourth-order valence-corrected chi connectivity index (χ4v) is 3.97. The minimum absolute atomic E-state index is 0.0395. The van der Waals surface area contributed by atoms with Crippen molar-refractivity contribution in [3.63, 3.8) is 0 Å². The van der Waals surface area contributed by atoms with Gasteiger partial charge >= 0.3 is 0 Å². The van der Waals surface area contributed by atoms with Crippen LogP contribution in [0.1, 0.15) is 32.1 Å². The van der Waals surface area contributed by atoms with Crippen molar-refractivity contribution in [2.75, 3.05) is 18.4 Å². The van der Waals surface area contributed by atoms with Crippen molar-refractivity contribution in [2.45, 2.75) is 32.1 Å². The number of halogens is 1. The lowest BCUT2D eigenvalue weighted by Gasteiger charge is -2.36. The first-order chi connectivity index (χ1) is 13.6. The first-order valence-corrected chi connectivity index (χ1v) is 10.1. The Bertz CT molecular complexity index is 861. The van der Waals surface area contributed by atoms with Crippen molar-refractivity contribution in [2.24, 2.45) is 11.8 Å². The summed E-state index contributed by atoms with van der Waals surface area (Å²) in [6, 6.07) is 13.9. The van der Waals surface area contributed by atoms with Crippen molar-refractivity contribution in [1.29, 1.82) is 0 Å².